The van der Waals surface area contributed by atoms with Crippen LogP contribution in [0, 0.1) is 0 Å². The zero-order chi connectivity index (χ0) is 9.89. The lowest BCUT2D eigenvalue weighted by atomic mass is 10.3. The first-order chi connectivity index (χ1) is 5.37. The summed E-state index contributed by atoms with van der Waals surface area (Å²) in [5.41, 5.74) is 0. The van der Waals surface area contributed by atoms with Gasteiger partial charge in [0.2, 0.25) is 5.91 Å². The standard InChI is InChI=1S/C8H16N2O2/c1-6(2)9(4)8(12)10(5)7(3)11/h6H,1-5H3. The number of carbonyl (C=O) groups excluding carboxylic acids is 2. The Morgan fingerprint density at radius 2 is 1.58 bits per heavy atom. The molecule has 0 rings (SSSR count). The van der Waals surface area contributed by atoms with Gasteiger partial charge in [-0.2, -0.15) is 0 Å². The van der Waals surface area contributed by atoms with Gasteiger partial charge in [0.1, 0.15) is 0 Å². The normalized spacial score (nSPS) is 9.83. The summed E-state index contributed by atoms with van der Waals surface area (Å²) in [7, 11) is 3.15. The van der Waals surface area contributed by atoms with Crippen LogP contribution in [0.4, 0.5) is 4.79 Å². The molecule has 70 valence electrons. The van der Waals surface area contributed by atoms with Crippen molar-refractivity contribution in [2.75, 3.05) is 14.1 Å². The summed E-state index contributed by atoms with van der Waals surface area (Å²) in [4.78, 5) is 24.8. The highest BCUT2D eigenvalue weighted by Gasteiger charge is 2.18. The van der Waals surface area contributed by atoms with Gasteiger partial charge in [-0.1, -0.05) is 0 Å². The van der Waals surface area contributed by atoms with Crippen molar-refractivity contribution in [1.29, 1.82) is 0 Å². The molecule has 4 heteroatoms. The lowest BCUT2D eigenvalue weighted by molar-refractivity contribution is -0.125. The number of carbonyl (C=O) groups is 2. The second kappa shape index (κ2) is 4.09. The Bertz CT molecular complexity index is 189. The van der Waals surface area contributed by atoms with Crippen LogP contribution >= 0.6 is 0 Å². The molecule has 0 aliphatic heterocycles. The molecule has 0 radical (unpaired) electrons. The van der Waals surface area contributed by atoms with Crippen molar-refractivity contribution in [1.82, 2.24) is 9.80 Å². The molecule has 0 heterocycles. The highest BCUT2D eigenvalue weighted by atomic mass is 16.2. The molecule has 0 aromatic heterocycles. The number of imide groups is 1. The van der Waals surface area contributed by atoms with Crippen LogP contribution in [0.5, 0.6) is 0 Å². The smallest absolute Gasteiger partial charge is 0.325 e. The molecule has 12 heavy (non-hydrogen) atoms. The summed E-state index contributed by atoms with van der Waals surface area (Å²) in [6.45, 7) is 5.16. The van der Waals surface area contributed by atoms with Crippen molar-refractivity contribution < 1.29 is 9.59 Å². The van der Waals surface area contributed by atoms with Crippen molar-refractivity contribution in [3.8, 4) is 0 Å². The molecule has 3 amide bonds. The van der Waals surface area contributed by atoms with Gasteiger partial charge in [0.15, 0.2) is 0 Å². The lowest BCUT2D eigenvalue weighted by Crippen LogP contribution is -2.44. The fraction of sp³-hybridized carbons (Fsp3) is 0.750. The summed E-state index contributed by atoms with van der Waals surface area (Å²) in [6.07, 6.45) is 0. The molecule has 0 N–H and O–H groups in total. The minimum atomic E-state index is -0.266. The van der Waals surface area contributed by atoms with Crippen LogP contribution in [0.1, 0.15) is 20.8 Å². The number of rotatable bonds is 1. The van der Waals surface area contributed by atoms with Gasteiger partial charge in [0.05, 0.1) is 0 Å². The number of nitrogens with zero attached hydrogens (tertiary/aromatic N) is 2. The summed E-state index contributed by atoms with van der Waals surface area (Å²) < 4.78 is 0. The van der Waals surface area contributed by atoms with E-state index in [1.807, 2.05) is 13.8 Å². The maximum absolute atomic E-state index is 11.4. The van der Waals surface area contributed by atoms with E-state index in [1.54, 1.807) is 7.05 Å². The second-order valence-electron chi connectivity index (χ2n) is 3.07. The predicted octanol–water partition coefficient (Wildman–Crippen LogP) is 0.925. The largest absolute Gasteiger partial charge is 0.326 e. The first kappa shape index (κ1) is 10.9. The Kier molecular flexibility index (Phi) is 3.73. The van der Waals surface area contributed by atoms with Gasteiger partial charge in [0.25, 0.3) is 0 Å². The third-order valence-electron chi connectivity index (χ3n) is 1.84. The minimum absolute atomic E-state index is 0.110. The fourth-order valence-corrected chi connectivity index (χ4v) is 0.592. The topological polar surface area (TPSA) is 40.6 Å². The van der Waals surface area contributed by atoms with Crippen LogP contribution in [-0.4, -0.2) is 41.9 Å². The molecule has 0 aromatic carbocycles. The van der Waals surface area contributed by atoms with Crippen LogP contribution in [0.25, 0.3) is 0 Å². The van der Waals surface area contributed by atoms with E-state index < -0.39 is 0 Å². The lowest BCUT2D eigenvalue weighted by Gasteiger charge is -2.25. The van der Waals surface area contributed by atoms with Gasteiger partial charge in [-0.25, -0.2) is 4.79 Å². The van der Waals surface area contributed by atoms with Crippen molar-refractivity contribution in [2.45, 2.75) is 26.8 Å². The van der Waals surface area contributed by atoms with E-state index in [-0.39, 0.29) is 18.0 Å². The van der Waals surface area contributed by atoms with Gasteiger partial charge in [-0.3, -0.25) is 9.69 Å². The van der Waals surface area contributed by atoms with Crippen LogP contribution < -0.4 is 0 Å². The zero-order valence-electron chi connectivity index (χ0n) is 8.29. The second-order valence-corrected chi connectivity index (χ2v) is 3.07. The van der Waals surface area contributed by atoms with E-state index in [0.717, 1.165) is 4.90 Å². The number of amides is 3. The summed E-state index contributed by atoms with van der Waals surface area (Å²) in [6, 6.07) is -0.156. The average Bonchev–Trinajstić information content (AvgIpc) is 2.00. The molecule has 0 unspecified atom stereocenters. The Morgan fingerprint density at radius 3 is 1.83 bits per heavy atom. The molecule has 0 bridgehead atoms. The van der Waals surface area contributed by atoms with E-state index in [4.69, 9.17) is 0 Å². The van der Waals surface area contributed by atoms with Crippen molar-refractivity contribution in [3.05, 3.63) is 0 Å². The minimum Gasteiger partial charge on any atom is -0.325 e. The van der Waals surface area contributed by atoms with Crippen molar-refractivity contribution >= 4 is 11.9 Å². The predicted molar refractivity (Wildman–Crippen MR) is 46.7 cm³/mol. The first-order valence-corrected chi connectivity index (χ1v) is 3.89. The van der Waals surface area contributed by atoms with E-state index in [0.29, 0.717) is 0 Å². The van der Waals surface area contributed by atoms with Gasteiger partial charge < -0.3 is 4.90 Å². The molecule has 0 saturated heterocycles. The highest BCUT2D eigenvalue weighted by Crippen LogP contribution is 1.99. The molecular formula is C8H16N2O2. The van der Waals surface area contributed by atoms with Gasteiger partial charge in [-0.05, 0) is 13.8 Å². The fourth-order valence-electron chi connectivity index (χ4n) is 0.592. The van der Waals surface area contributed by atoms with E-state index in [1.165, 1.54) is 18.9 Å². The summed E-state index contributed by atoms with van der Waals surface area (Å²) in [5, 5.41) is 0. The van der Waals surface area contributed by atoms with Gasteiger partial charge in [0, 0.05) is 27.1 Å². The summed E-state index contributed by atoms with van der Waals surface area (Å²) in [5.74, 6) is -0.243. The number of hydrogen-bond acceptors (Lipinski definition) is 2. The van der Waals surface area contributed by atoms with E-state index in [2.05, 4.69) is 0 Å². The Labute approximate surface area is 73.1 Å². The van der Waals surface area contributed by atoms with Crippen LogP contribution in [0.2, 0.25) is 0 Å². The first-order valence-electron chi connectivity index (χ1n) is 3.89. The van der Waals surface area contributed by atoms with Crippen LogP contribution in [0.15, 0.2) is 0 Å². The molecule has 0 aromatic rings. The molecule has 0 saturated carbocycles. The Hall–Kier alpha value is -1.06. The quantitative estimate of drug-likeness (QED) is 0.590. The van der Waals surface area contributed by atoms with Gasteiger partial charge in [-0.15, -0.1) is 0 Å². The zero-order valence-corrected chi connectivity index (χ0v) is 8.29. The summed E-state index contributed by atoms with van der Waals surface area (Å²) >= 11 is 0. The third-order valence-corrected chi connectivity index (χ3v) is 1.84. The van der Waals surface area contributed by atoms with Crippen LogP contribution in [-0.2, 0) is 4.79 Å². The molecular weight excluding hydrogens is 156 g/mol. The molecule has 0 atom stereocenters. The van der Waals surface area contributed by atoms with Crippen molar-refractivity contribution in [3.63, 3.8) is 0 Å². The van der Waals surface area contributed by atoms with E-state index in [9.17, 15) is 9.59 Å². The van der Waals surface area contributed by atoms with E-state index >= 15 is 0 Å². The Morgan fingerprint density at radius 1 is 1.17 bits per heavy atom. The Balaban J connectivity index is 4.29. The molecule has 0 aliphatic carbocycles. The molecule has 0 spiro atoms. The number of urea groups is 1. The number of hydrogen-bond donors (Lipinski definition) is 0. The third kappa shape index (κ3) is 2.53. The van der Waals surface area contributed by atoms with Crippen LogP contribution in [0.3, 0.4) is 0 Å². The molecule has 4 nitrogen and oxygen atoms in total. The monoisotopic (exact) mass is 172 g/mol. The molecule has 0 aliphatic rings. The maximum atomic E-state index is 11.4. The highest BCUT2D eigenvalue weighted by molar-refractivity contribution is 5.92. The maximum Gasteiger partial charge on any atom is 0.326 e. The molecule has 0 fully saturated rings. The van der Waals surface area contributed by atoms with Crippen molar-refractivity contribution in [2.24, 2.45) is 0 Å². The van der Waals surface area contributed by atoms with Gasteiger partial charge >= 0.3 is 6.03 Å². The SMILES string of the molecule is CC(=O)N(C)C(=O)N(C)C(C)C. The average molecular weight is 172 g/mol.